The number of halogens is 3. The van der Waals surface area contributed by atoms with E-state index in [9.17, 15) is 34.8 Å². The summed E-state index contributed by atoms with van der Waals surface area (Å²) in [5, 5.41) is 10.5. The number of amides is 1. The van der Waals surface area contributed by atoms with E-state index in [-0.39, 0.29) is 70.7 Å². The number of hydrogen-bond donors (Lipinski definition) is 4. The van der Waals surface area contributed by atoms with E-state index in [1.54, 1.807) is 16.7 Å². The van der Waals surface area contributed by atoms with Crippen molar-refractivity contribution in [3.8, 4) is 11.4 Å². The number of carbonyl (C=O) groups is 2. The second-order valence-electron chi connectivity index (χ2n) is 17.1. The van der Waals surface area contributed by atoms with Gasteiger partial charge in [0.2, 0.25) is 36.1 Å². The Morgan fingerprint density at radius 3 is 1.00 bits per heavy atom. The van der Waals surface area contributed by atoms with Gasteiger partial charge in [-0.3, -0.25) is 36.8 Å². The van der Waals surface area contributed by atoms with Gasteiger partial charge in [-0.25, -0.2) is 36.8 Å². The van der Waals surface area contributed by atoms with Crippen molar-refractivity contribution in [3.05, 3.63) is 202 Å². The molecule has 0 spiro atoms. The number of hydrazine groups is 3. The normalized spacial score (nSPS) is 9.02. The van der Waals surface area contributed by atoms with E-state index >= 15 is 0 Å². The number of allylic oxidation sites excluding steroid dienone is 4. The van der Waals surface area contributed by atoms with Gasteiger partial charge < -0.3 is 60.5 Å². The number of carbonyl (C=O) groups excluding carboxylic acids is 2. The van der Waals surface area contributed by atoms with Gasteiger partial charge in [0.15, 0.2) is 11.0 Å². The number of hydrogen-bond acceptors (Lipinski definition) is 15. The van der Waals surface area contributed by atoms with E-state index in [1.807, 2.05) is 207 Å². The molecule has 0 saturated heterocycles. The van der Waals surface area contributed by atoms with E-state index in [2.05, 4.69) is 79.5 Å². The molecule has 4 aromatic carbocycles. The molecule has 0 aliphatic carbocycles. The minimum atomic E-state index is -3.43. The summed E-state index contributed by atoms with van der Waals surface area (Å²) in [6.07, 6.45) is 8.10. The van der Waals surface area contributed by atoms with Crippen LogP contribution in [0.5, 0.6) is 0 Å². The van der Waals surface area contributed by atoms with Crippen LogP contribution in [0.4, 0.5) is 0 Å². The first kappa shape index (κ1) is 123. The third-order valence-corrected chi connectivity index (χ3v) is 12.1. The Morgan fingerprint density at radius 2 is 0.814 bits per heavy atom. The molecule has 0 unspecified atom stereocenters. The van der Waals surface area contributed by atoms with Crippen molar-refractivity contribution in [2.45, 2.75) is 145 Å². The summed E-state index contributed by atoms with van der Waals surface area (Å²) in [4.78, 5) is 30.0. The molecule has 5 aromatic rings. The topological polar surface area (TPSA) is 270 Å². The van der Waals surface area contributed by atoms with Crippen LogP contribution in [0.15, 0.2) is 102 Å². The summed E-state index contributed by atoms with van der Waals surface area (Å²) in [6, 6.07) is 23.5. The fraction of sp³-hybridized carbons (Fsp3) is 0.449. The van der Waals surface area contributed by atoms with Crippen LogP contribution in [0.3, 0.4) is 0 Å². The first-order valence-electron chi connectivity index (χ1n) is 30.0. The molecule has 5 rings (SSSR count). The number of benzene rings is 4. The van der Waals surface area contributed by atoms with Gasteiger partial charge in [0.05, 0.1) is 18.8 Å². The van der Waals surface area contributed by atoms with Crippen molar-refractivity contribution in [1.29, 1.82) is 0 Å². The van der Waals surface area contributed by atoms with E-state index in [4.69, 9.17) is 61.9 Å². The van der Waals surface area contributed by atoms with Crippen LogP contribution in [-0.2, 0) is 102 Å². The third kappa shape index (κ3) is 71.4. The molecular formula is C69H119Cl3N12O8S3Y2-4. The van der Waals surface area contributed by atoms with Crippen LogP contribution in [0.2, 0.25) is 0 Å². The van der Waals surface area contributed by atoms with E-state index < -0.39 is 35.0 Å². The second kappa shape index (κ2) is 77.5. The van der Waals surface area contributed by atoms with Crippen LogP contribution in [-0.4, -0.2) is 131 Å². The van der Waals surface area contributed by atoms with E-state index in [0.29, 0.717) is 20.7 Å². The van der Waals surface area contributed by atoms with Gasteiger partial charge in [0.1, 0.15) is 5.82 Å². The van der Waals surface area contributed by atoms with Crippen molar-refractivity contribution >= 4 is 79.3 Å². The maximum Gasteiger partial charge on any atom is 0.266 e. The summed E-state index contributed by atoms with van der Waals surface area (Å²) >= 11 is 11.5. The number of aryl methyl sites for hydroxylation is 10. The Labute approximate surface area is 656 Å². The molecule has 6 N–H and O–H groups in total. The monoisotopic (exact) mass is 1620 g/mol. The maximum atomic E-state index is 11.9. The van der Waals surface area contributed by atoms with Crippen molar-refractivity contribution in [1.82, 2.24) is 39.5 Å². The van der Waals surface area contributed by atoms with Crippen molar-refractivity contribution in [2.24, 2.45) is 23.8 Å². The number of nitrogens with one attached hydrogen (secondary N) is 2. The minimum Gasteiger partial charge on any atom is -0.394 e. The van der Waals surface area contributed by atoms with Gasteiger partial charge in [-0.1, -0.05) is 167 Å². The first-order chi connectivity index (χ1) is 44.1. The van der Waals surface area contributed by atoms with Crippen LogP contribution >= 0.6 is 33.9 Å². The van der Waals surface area contributed by atoms with Crippen LogP contribution in [0.1, 0.15) is 160 Å². The summed E-state index contributed by atoms with van der Waals surface area (Å²) in [5.74, 6) is 10.8. The standard InChI is InChI=1S/C12H15N3.C11H15ClN2.C11H16N2O3S.C9H9ClO.2C4H4.C2H8N2O2S.C2H3N.6C2H6.CH3ClO2S.CH6N2.2Y/c1-8-6-5-7-9(2)11(8)12-13-10(3)15(4)14-12;1-8-6-5-7-9(2)10(8)11(12)13-14(3)4;1-8-6-5-7-9(2)10(8)11(14)12-13(3)17(4,15)16;1-6-4-3-5-7(2)8(6)9(10)11;2*1-3-4-2;1-4(3)7(2,5)6;1-3-2;6*1-2;1-5(2,3)4;1-3-2;;/h5-7H,1-4H3;5-7H,1-4H3;5-7H,1-4H3,(H,12,14);3-5H,1-2H3;2*1-4H;3H2,1-2H3;1H3;6*1-2H3;1H3;3H,2H2,1H3;;/q;;;;2*-2;;;;;;;;;;;;/b;13-11-;;;;;;;;;;;;;;;;. The van der Waals surface area contributed by atoms with Gasteiger partial charge in [-0.2, -0.15) is 10.2 Å². The number of aromatic nitrogens is 3. The van der Waals surface area contributed by atoms with Gasteiger partial charge in [0, 0.05) is 134 Å². The Kier molecular flexibility index (Phi) is 98.2. The van der Waals surface area contributed by atoms with Gasteiger partial charge in [0.25, 0.3) is 11.1 Å². The van der Waals surface area contributed by atoms with E-state index in [0.717, 1.165) is 79.3 Å². The van der Waals surface area contributed by atoms with Gasteiger partial charge in [-0.15, -0.1) is 8.83 Å². The zero-order valence-corrected chi connectivity index (χ0v) is 74.5. The molecule has 1 amide bonds. The molecule has 28 heteroatoms. The largest absolute Gasteiger partial charge is 0.394 e. The van der Waals surface area contributed by atoms with Gasteiger partial charge >= 0.3 is 0 Å². The summed E-state index contributed by atoms with van der Waals surface area (Å²) in [6.45, 7) is 66.3. The number of hydrazone groups is 1. The first-order valence-corrected chi connectivity index (χ1v) is 37.1. The van der Waals surface area contributed by atoms with E-state index in [1.165, 1.54) is 56.6 Å². The summed E-state index contributed by atoms with van der Waals surface area (Å²) in [5.41, 5.74) is 16.1. The zero-order valence-electron chi connectivity index (χ0n) is 64.1. The quantitative estimate of drug-likeness (QED) is 0.0253. The molecule has 1 aromatic heterocycles. The predicted octanol–water partition coefficient (Wildman–Crippen LogP) is 15.3. The van der Waals surface area contributed by atoms with Gasteiger partial charge in [-0.05, 0) is 125 Å². The molecule has 97 heavy (non-hydrogen) atoms. The molecule has 0 aliphatic heterocycles. The third-order valence-electron chi connectivity index (χ3n) is 9.55. The maximum absolute atomic E-state index is 11.9. The Bertz CT molecular complexity index is 3140. The minimum absolute atomic E-state index is 0. The Hall–Kier alpha value is -4.19. The smallest absolute Gasteiger partial charge is 0.266 e. The molecule has 2 radical (unpaired) electrons. The number of rotatable bonds is 10. The average molecular weight is 1630 g/mol. The Morgan fingerprint density at radius 1 is 0.577 bits per heavy atom. The fourth-order valence-corrected chi connectivity index (χ4v) is 6.68. The molecule has 0 fully saturated rings. The van der Waals surface area contributed by atoms with Crippen LogP contribution < -0.4 is 22.5 Å². The molecule has 0 atom stereocenters. The number of sulfonamides is 2. The number of nitrogens with two attached hydrogens (primary N) is 2. The zero-order chi connectivity index (χ0) is 78.2. The Balaban J connectivity index is -0.0000000752. The number of nitrogens with zero attached hydrogens (tertiary/aromatic N) is 8. The molecule has 20 nitrogen and oxygen atoms in total. The average Bonchev–Trinajstić information content (AvgIpc) is 1.83. The molecule has 0 bridgehead atoms. The molecular weight excluding hydrogens is 1510 g/mol. The predicted molar refractivity (Wildman–Crippen MR) is 412 cm³/mol. The molecule has 0 aliphatic rings. The SMILES string of the molecule is CC.CC.CC.CC.CC.CC.CN(N)S(C)(=O)=O.CNN.CS(=O)(=O)Cl.Cc1cccc(C)c1-c1nc(C)n(C)n1.Cc1cccc(C)c1/C(Cl)=N/N(C)C.Cc1cccc(C)c1C(=O)Cl.Cc1cccc(C)c1C(=O)NN(C)S(C)(=O)=O.[C-]#[N+]C.[CH-]=CC=[CH-].[CH-]=CC=[CH-].[Y].[Y]. The second-order valence-corrected chi connectivity index (χ2v) is 24.9. The van der Waals surface area contributed by atoms with Crippen molar-refractivity contribution in [2.75, 3.05) is 61.1 Å². The molecule has 0 saturated carbocycles. The summed E-state index contributed by atoms with van der Waals surface area (Å²) in [7, 11) is 6.01. The fourth-order valence-electron chi connectivity index (χ4n) is 5.68. The molecule has 552 valence electrons. The van der Waals surface area contributed by atoms with Crippen molar-refractivity contribution in [3.63, 3.8) is 0 Å². The summed E-state index contributed by atoms with van der Waals surface area (Å²) < 4.78 is 64.7. The van der Waals surface area contributed by atoms with Crippen LogP contribution in [0, 0.1) is 95.2 Å². The molecule has 1 heterocycles. The van der Waals surface area contributed by atoms with Crippen molar-refractivity contribution < 1.29 is 100 Å². The van der Waals surface area contributed by atoms with Crippen LogP contribution in [0.25, 0.3) is 16.2 Å².